The van der Waals surface area contributed by atoms with Gasteiger partial charge in [0.1, 0.15) is 6.54 Å². The van der Waals surface area contributed by atoms with Gasteiger partial charge in [-0.1, -0.05) is 0 Å². The van der Waals surface area contributed by atoms with E-state index < -0.39 is 18.6 Å². The largest absolute Gasteiger partial charge is 0.406 e. The van der Waals surface area contributed by atoms with Crippen molar-refractivity contribution in [2.45, 2.75) is 32.0 Å². The SMILES string of the molecule is Cc1cc(NN)ccc1C(=O)N(CC(F)(F)F)C1CC1. The number of carbonyl (C=O) groups excluding carboxylic acids is 1. The molecule has 0 bridgehead atoms. The number of alkyl halides is 3. The van der Waals surface area contributed by atoms with Crippen molar-refractivity contribution in [3.63, 3.8) is 0 Å². The Morgan fingerprint density at radius 1 is 1.45 bits per heavy atom. The van der Waals surface area contributed by atoms with Gasteiger partial charge in [-0.15, -0.1) is 0 Å². The van der Waals surface area contributed by atoms with E-state index in [-0.39, 0.29) is 11.6 Å². The topological polar surface area (TPSA) is 58.4 Å². The Morgan fingerprint density at radius 3 is 2.55 bits per heavy atom. The molecule has 0 radical (unpaired) electrons. The molecule has 0 unspecified atom stereocenters. The third-order valence-electron chi connectivity index (χ3n) is 3.22. The average Bonchev–Trinajstić information content (AvgIpc) is 3.18. The van der Waals surface area contributed by atoms with Crippen molar-refractivity contribution in [2.24, 2.45) is 5.84 Å². The summed E-state index contributed by atoms with van der Waals surface area (Å²) in [6.07, 6.45) is -3.13. The zero-order chi connectivity index (χ0) is 14.9. The van der Waals surface area contributed by atoms with Gasteiger partial charge in [-0.3, -0.25) is 10.6 Å². The number of amides is 1. The smallest absolute Gasteiger partial charge is 0.327 e. The predicted octanol–water partition coefficient (Wildman–Crippen LogP) is 2.45. The van der Waals surface area contributed by atoms with Crippen molar-refractivity contribution in [3.8, 4) is 0 Å². The third kappa shape index (κ3) is 3.41. The van der Waals surface area contributed by atoms with Crippen LogP contribution in [-0.2, 0) is 0 Å². The highest BCUT2D eigenvalue weighted by molar-refractivity contribution is 5.96. The first-order valence-corrected chi connectivity index (χ1v) is 6.27. The molecule has 0 atom stereocenters. The normalized spacial score (nSPS) is 15.1. The fourth-order valence-electron chi connectivity index (χ4n) is 2.09. The number of hydrogen-bond donors (Lipinski definition) is 2. The second kappa shape index (κ2) is 5.32. The number of hydrazine groups is 1. The molecule has 0 aliphatic heterocycles. The predicted molar refractivity (Wildman–Crippen MR) is 69.1 cm³/mol. The van der Waals surface area contributed by atoms with Crippen LogP contribution in [0.1, 0.15) is 28.8 Å². The number of benzene rings is 1. The van der Waals surface area contributed by atoms with Gasteiger partial charge in [0.2, 0.25) is 0 Å². The lowest BCUT2D eigenvalue weighted by molar-refractivity contribution is -0.141. The van der Waals surface area contributed by atoms with Crippen LogP contribution in [0.3, 0.4) is 0 Å². The fourth-order valence-corrected chi connectivity index (χ4v) is 2.09. The van der Waals surface area contributed by atoms with E-state index in [9.17, 15) is 18.0 Å². The standard InChI is InChI=1S/C13H16F3N3O/c1-8-6-9(18-17)2-5-11(8)12(20)19(10-3-4-10)7-13(14,15)16/h2,5-6,10,18H,3-4,7,17H2,1H3. The van der Waals surface area contributed by atoms with E-state index in [0.717, 1.165) is 4.90 Å². The Hall–Kier alpha value is -1.76. The van der Waals surface area contributed by atoms with E-state index in [1.54, 1.807) is 19.1 Å². The van der Waals surface area contributed by atoms with E-state index in [1.807, 2.05) is 0 Å². The van der Waals surface area contributed by atoms with Gasteiger partial charge in [0.05, 0.1) is 0 Å². The first-order chi connectivity index (χ1) is 9.31. The van der Waals surface area contributed by atoms with E-state index in [4.69, 9.17) is 5.84 Å². The minimum Gasteiger partial charge on any atom is -0.327 e. The van der Waals surface area contributed by atoms with Gasteiger partial charge < -0.3 is 10.3 Å². The van der Waals surface area contributed by atoms with Crippen molar-refractivity contribution in [2.75, 3.05) is 12.0 Å². The van der Waals surface area contributed by atoms with Crippen LogP contribution in [0.5, 0.6) is 0 Å². The highest BCUT2D eigenvalue weighted by atomic mass is 19.4. The molecule has 4 nitrogen and oxygen atoms in total. The Bertz CT molecular complexity index is 512. The number of carbonyl (C=O) groups is 1. The average molecular weight is 287 g/mol. The summed E-state index contributed by atoms with van der Waals surface area (Å²) in [5, 5.41) is 0. The summed E-state index contributed by atoms with van der Waals surface area (Å²) >= 11 is 0. The number of nitrogens with two attached hydrogens (primary N) is 1. The highest BCUT2D eigenvalue weighted by Crippen LogP contribution is 2.32. The monoisotopic (exact) mass is 287 g/mol. The molecule has 1 amide bonds. The molecule has 7 heteroatoms. The molecule has 1 aliphatic rings. The number of anilines is 1. The molecule has 1 aromatic carbocycles. The summed E-state index contributed by atoms with van der Waals surface area (Å²) in [7, 11) is 0. The molecule has 2 rings (SSSR count). The summed E-state index contributed by atoms with van der Waals surface area (Å²) < 4.78 is 37.7. The Morgan fingerprint density at radius 2 is 2.10 bits per heavy atom. The number of nitrogens with one attached hydrogen (secondary N) is 1. The maximum absolute atomic E-state index is 12.6. The van der Waals surface area contributed by atoms with Gasteiger partial charge in [0, 0.05) is 17.3 Å². The van der Waals surface area contributed by atoms with E-state index >= 15 is 0 Å². The van der Waals surface area contributed by atoms with Gasteiger partial charge in [-0.05, 0) is 43.5 Å². The molecular formula is C13H16F3N3O. The lowest BCUT2D eigenvalue weighted by Gasteiger charge is -2.24. The van der Waals surface area contributed by atoms with E-state index in [2.05, 4.69) is 5.43 Å². The molecule has 0 saturated heterocycles. The van der Waals surface area contributed by atoms with E-state index in [0.29, 0.717) is 24.1 Å². The summed E-state index contributed by atoms with van der Waals surface area (Å²) in [6.45, 7) is 0.472. The van der Waals surface area contributed by atoms with Crippen molar-refractivity contribution in [1.82, 2.24) is 4.90 Å². The Balaban J connectivity index is 2.23. The van der Waals surface area contributed by atoms with Gasteiger partial charge in [-0.2, -0.15) is 13.2 Å². The van der Waals surface area contributed by atoms with Crippen LogP contribution in [0.15, 0.2) is 18.2 Å². The zero-order valence-corrected chi connectivity index (χ0v) is 11.0. The molecule has 3 N–H and O–H groups in total. The lowest BCUT2D eigenvalue weighted by Crippen LogP contribution is -2.40. The van der Waals surface area contributed by atoms with Crippen molar-refractivity contribution >= 4 is 11.6 Å². The third-order valence-corrected chi connectivity index (χ3v) is 3.22. The molecule has 0 heterocycles. The number of nitrogen functional groups attached to an aromatic ring is 1. The van der Waals surface area contributed by atoms with Crippen LogP contribution in [0, 0.1) is 6.92 Å². The van der Waals surface area contributed by atoms with Gasteiger partial charge in [0.25, 0.3) is 5.91 Å². The minimum absolute atomic E-state index is 0.278. The summed E-state index contributed by atoms with van der Waals surface area (Å²) in [5.41, 5.74) is 3.91. The molecule has 20 heavy (non-hydrogen) atoms. The Labute approximate surface area is 114 Å². The van der Waals surface area contributed by atoms with Crippen molar-refractivity contribution in [1.29, 1.82) is 0 Å². The first-order valence-electron chi connectivity index (χ1n) is 6.27. The molecule has 110 valence electrons. The summed E-state index contributed by atoms with van der Waals surface area (Å²) in [4.78, 5) is 13.2. The molecule has 1 saturated carbocycles. The molecule has 1 fully saturated rings. The quantitative estimate of drug-likeness (QED) is 0.660. The molecule has 0 aromatic heterocycles. The summed E-state index contributed by atoms with van der Waals surface area (Å²) in [6, 6.07) is 4.40. The second-order valence-corrected chi connectivity index (χ2v) is 4.95. The molecule has 1 aromatic rings. The molecule has 0 spiro atoms. The maximum Gasteiger partial charge on any atom is 0.406 e. The fraction of sp³-hybridized carbons (Fsp3) is 0.462. The maximum atomic E-state index is 12.6. The molecule has 1 aliphatic carbocycles. The van der Waals surface area contributed by atoms with Crippen LogP contribution in [0.25, 0.3) is 0 Å². The van der Waals surface area contributed by atoms with Crippen LogP contribution in [-0.4, -0.2) is 29.6 Å². The second-order valence-electron chi connectivity index (χ2n) is 4.95. The van der Waals surface area contributed by atoms with E-state index in [1.165, 1.54) is 6.07 Å². The van der Waals surface area contributed by atoms with Gasteiger partial charge >= 0.3 is 6.18 Å². The van der Waals surface area contributed by atoms with Crippen molar-refractivity contribution < 1.29 is 18.0 Å². The molecular weight excluding hydrogens is 271 g/mol. The number of nitrogens with zero attached hydrogens (tertiary/aromatic N) is 1. The van der Waals surface area contributed by atoms with Gasteiger partial charge in [0.15, 0.2) is 0 Å². The van der Waals surface area contributed by atoms with Crippen LogP contribution < -0.4 is 11.3 Å². The zero-order valence-electron chi connectivity index (χ0n) is 11.0. The number of aryl methyl sites for hydroxylation is 1. The number of halogens is 3. The van der Waals surface area contributed by atoms with Crippen LogP contribution in [0.2, 0.25) is 0 Å². The lowest BCUT2D eigenvalue weighted by atomic mass is 10.1. The van der Waals surface area contributed by atoms with Gasteiger partial charge in [-0.25, -0.2) is 0 Å². The number of rotatable bonds is 4. The highest BCUT2D eigenvalue weighted by Gasteiger charge is 2.41. The summed E-state index contributed by atoms with van der Waals surface area (Å²) in [5.74, 6) is 4.67. The first kappa shape index (κ1) is 14.6. The Kier molecular flexibility index (Phi) is 3.89. The van der Waals surface area contributed by atoms with Crippen LogP contribution >= 0.6 is 0 Å². The van der Waals surface area contributed by atoms with Crippen molar-refractivity contribution in [3.05, 3.63) is 29.3 Å². The van der Waals surface area contributed by atoms with Crippen LogP contribution in [0.4, 0.5) is 18.9 Å². The minimum atomic E-state index is -4.38. The number of hydrogen-bond acceptors (Lipinski definition) is 3.